The van der Waals surface area contributed by atoms with E-state index in [1.807, 2.05) is 38.1 Å². The maximum Gasteiger partial charge on any atom is 0.408 e. The Balaban J connectivity index is 1.30. The average molecular weight is 760 g/mol. The summed E-state index contributed by atoms with van der Waals surface area (Å²) in [5.41, 5.74) is 3.08. The Kier molecular flexibility index (Phi) is 8.83. The van der Waals surface area contributed by atoms with E-state index in [1.165, 1.54) is 33.5 Å². The van der Waals surface area contributed by atoms with Crippen LogP contribution in [0.5, 0.6) is 0 Å². The predicted molar refractivity (Wildman–Crippen MR) is 186 cm³/mol. The summed E-state index contributed by atoms with van der Waals surface area (Å²) >= 11 is 3.47. The molecule has 11 nitrogen and oxygen atoms in total. The predicted octanol–water partition coefficient (Wildman–Crippen LogP) is 6.05. The van der Waals surface area contributed by atoms with E-state index >= 15 is 0 Å². The smallest absolute Gasteiger partial charge is 0.347 e. The van der Waals surface area contributed by atoms with E-state index < -0.39 is 30.4 Å². The standard InChI is InChI=1S/C36H30BrF3N8O3/c1-21-14-23(8-10-28(21)37)34(50)45-19-30-31(33(49)43-16-24-6-3-4-7-27(24)32-41-12-5-13-42-32)48(35(51)46(30)18-22(45)2)26-9-11-29-25(15-26)17-44-47(29)20-36(38,39)40/h3-15,17,22H,16,18-20H2,1-2H3,(H,43,49)/t22-/m0/s1. The van der Waals surface area contributed by atoms with Gasteiger partial charge in [-0.2, -0.15) is 18.3 Å². The van der Waals surface area contributed by atoms with Crippen LogP contribution < -0.4 is 11.0 Å². The van der Waals surface area contributed by atoms with Crippen LogP contribution >= 0.6 is 15.9 Å². The van der Waals surface area contributed by atoms with E-state index in [-0.39, 0.29) is 42.4 Å². The molecule has 0 radical (unpaired) electrons. The number of imidazole rings is 1. The van der Waals surface area contributed by atoms with Gasteiger partial charge in [0.15, 0.2) is 5.82 Å². The van der Waals surface area contributed by atoms with Gasteiger partial charge in [0.1, 0.15) is 12.2 Å². The Morgan fingerprint density at radius 1 is 1.02 bits per heavy atom. The number of fused-ring (bicyclic) bond motifs is 2. The van der Waals surface area contributed by atoms with E-state index in [9.17, 15) is 27.6 Å². The zero-order valence-corrected chi connectivity index (χ0v) is 28.9. The van der Waals surface area contributed by atoms with Crippen LogP contribution in [0, 0.1) is 6.92 Å². The highest BCUT2D eigenvalue weighted by Gasteiger charge is 2.36. The van der Waals surface area contributed by atoms with E-state index in [2.05, 4.69) is 36.3 Å². The van der Waals surface area contributed by atoms with E-state index in [4.69, 9.17) is 0 Å². The molecule has 260 valence electrons. The molecular weight excluding hydrogens is 729 g/mol. The quantitative estimate of drug-likeness (QED) is 0.212. The summed E-state index contributed by atoms with van der Waals surface area (Å²) in [6.07, 6.45) is 0.0479. The molecule has 1 aliphatic heterocycles. The van der Waals surface area contributed by atoms with Gasteiger partial charge in [-0.3, -0.25) is 23.4 Å². The summed E-state index contributed by atoms with van der Waals surface area (Å²) in [6, 6.07) is 18.4. The van der Waals surface area contributed by atoms with Gasteiger partial charge in [0, 0.05) is 52.5 Å². The van der Waals surface area contributed by atoms with E-state index in [1.54, 1.807) is 41.6 Å². The number of carbonyl (C=O) groups is 2. The lowest BCUT2D eigenvalue weighted by molar-refractivity contribution is -0.141. The van der Waals surface area contributed by atoms with Crippen molar-refractivity contribution < 1.29 is 22.8 Å². The van der Waals surface area contributed by atoms with Crippen LogP contribution in [-0.4, -0.2) is 57.8 Å². The van der Waals surface area contributed by atoms with Gasteiger partial charge in [-0.05, 0) is 67.4 Å². The first-order valence-corrected chi connectivity index (χ1v) is 16.8. The molecule has 2 amide bonds. The molecule has 0 bridgehead atoms. The molecule has 0 saturated heterocycles. The summed E-state index contributed by atoms with van der Waals surface area (Å²) in [5.74, 6) is -0.365. The third kappa shape index (κ3) is 6.56. The highest BCUT2D eigenvalue weighted by atomic mass is 79.9. The third-order valence-corrected chi connectivity index (χ3v) is 9.79. The topological polar surface area (TPSA) is 120 Å². The lowest BCUT2D eigenvalue weighted by atomic mass is 10.1. The highest BCUT2D eigenvalue weighted by molar-refractivity contribution is 9.10. The fourth-order valence-electron chi connectivity index (χ4n) is 6.40. The maximum absolute atomic E-state index is 14.3. The molecule has 0 fully saturated rings. The molecule has 3 aromatic heterocycles. The number of halogens is 4. The van der Waals surface area contributed by atoms with Crippen molar-refractivity contribution in [3.63, 3.8) is 0 Å². The Bertz CT molecular complexity index is 2370. The molecule has 0 aliphatic carbocycles. The second-order valence-electron chi connectivity index (χ2n) is 12.3. The summed E-state index contributed by atoms with van der Waals surface area (Å²) in [4.78, 5) is 52.7. The molecule has 15 heteroatoms. The maximum atomic E-state index is 14.3. The Morgan fingerprint density at radius 2 is 1.78 bits per heavy atom. The largest absolute Gasteiger partial charge is 0.408 e. The second kappa shape index (κ2) is 13.3. The van der Waals surface area contributed by atoms with Gasteiger partial charge in [0.05, 0.1) is 29.6 Å². The first kappa shape index (κ1) is 33.9. The highest BCUT2D eigenvalue weighted by Crippen LogP contribution is 2.28. The summed E-state index contributed by atoms with van der Waals surface area (Å²) in [6.45, 7) is 2.57. The molecule has 3 aromatic carbocycles. The van der Waals surface area contributed by atoms with E-state index in [0.29, 0.717) is 28.0 Å². The SMILES string of the molecule is Cc1cc(C(=O)N2Cc3c(C(=O)NCc4ccccc4-c4ncccn4)n(-c4ccc5c(cnn5CC(F)(F)F)c4)c(=O)n3C[C@@H]2C)ccc1Br. The van der Waals surface area contributed by atoms with Crippen molar-refractivity contribution in [2.24, 2.45) is 0 Å². The van der Waals surface area contributed by atoms with Gasteiger partial charge in [0.2, 0.25) is 0 Å². The number of rotatable bonds is 7. The second-order valence-corrected chi connectivity index (χ2v) is 13.2. The lowest BCUT2D eigenvalue weighted by Gasteiger charge is -2.34. The minimum Gasteiger partial charge on any atom is -0.347 e. The summed E-state index contributed by atoms with van der Waals surface area (Å²) in [5, 5.41) is 7.21. The van der Waals surface area contributed by atoms with Crippen LogP contribution in [0.3, 0.4) is 0 Å². The minimum absolute atomic E-state index is 0.00663. The number of amides is 2. The Hall–Kier alpha value is -5.57. The van der Waals surface area contributed by atoms with Crippen molar-refractivity contribution >= 4 is 38.6 Å². The number of hydrogen-bond acceptors (Lipinski definition) is 6. The number of hydrogen-bond donors (Lipinski definition) is 1. The molecule has 1 atom stereocenters. The van der Waals surface area contributed by atoms with Crippen LogP contribution in [0.2, 0.25) is 0 Å². The molecular formula is C36H30BrF3N8O3. The number of aryl methyl sites for hydroxylation is 1. The fourth-order valence-corrected chi connectivity index (χ4v) is 6.65. The van der Waals surface area contributed by atoms with Crippen molar-refractivity contribution in [1.82, 2.24) is 39.1 Å². The van der Waals surface area contributed by atoms with Crippen LogP contribution in [0.15, 0.2) is 94.6 Å². The third-order valence-electron chi connectivity index (χ3n) is 8.90. The Morgan fingerprint density at radius 3 is 2.53 bits per heavy atom. The van der Waals surface area contributed by atoms with Gasteiger partial charge in [-0.25, -0.2) is 14.8 Å². The lowest BCUT2D eigenvalue weighted by Crippen LogP contribution is -2.47. The Labute approximate surface area is 297 Å². The number of alkyl halides is 3. The average Bonchev–Trinajstić information content (AvgIpc) is 3.64. The number of nitrogens with one attached hydrogen (secondary N) is 1. The first-order valence-electron chi connectivity index (χ1n) is 16.0. The number of nitrogens with zero attached hydrogens (tertiary/aromatic N) is 7. The molecule has 0 saturated carbocycles. The zero-order valence-electron chi connectivity index (χ0n) is 27.4. The first-order chi connectivity index (χ1) is 24.4. The molecule has 1 N–H and O–H groups in total. The zero-order chi connectivity index (χ0) is 36.0. The number of aromatic nitrogens is 6. The van der Waals surface area contributed by atoms with Gasteiger partial charge < -0.3 is 10.2 Å². The van der Waals surface area contributed by atoms with Gasteiger partial charge in [-0.15, -0.1) is 0 Å². The summed E-state index contributed by atoms with van der Waals surface area (Å²) < 4.78 is 44.1. The van der Waals surface area contributed by atoms with Crippen LogP contribution in [0.1, 0.15) is 44.6 Å². The number of carbonyl (C=O) groups excluding carboxylic acids is 2. The van der Waals surface area contributed by atoms with Crippen molar-refractivity contribution in [1.29, 1.82) is 0 Å². The van der Waals surface area contributed by atoms with Crippen molar-refractivity contribution in [2.45, 2.75) is 52.2 Å². The van der Waals surface area contributed by atoms with Gasteiger partial charge in [0.25, 0.3) is 11.8 Å². The molecule has 6 aromatic rings. The molecule has 0 unspecified atom stereocenters. The van der Waals surface area contributed by atoms with Crippen molar-refractivity contribution in [3.8, 4) is 17.1 Å². The van der Waals surface area contributed by atoms with Crippen molar-refractivity contribution in [3.05, 3.63) is 128 Å². The fraction of sp³-hybridized carbons (Fsp3) is 0.222. The monoisotopic (exact) mass is 758 g/mol. The van der Waals surface area contributed by atoms with Crippen LogP contribution in [0.4, 0.5) is 13.2 Å². The van der Waals surface area contributed by atoms with E-state index in [0.717, 1.165) is 20.3 Å². The van der Waals surface area contributed by atoms with Gasteiger partial charge in [-0.1, -0.05) is 40.2 Å². The molecule has 0 spiro atoms. The molecule has 4 heterocycles. The van der Waals surface area contributed by atoms with Crippen LogP contribution in [0.25, 0.3) is 28.0 Å². The van der Waals surface area contributed by atoms with Crippen molar-refractivity contribution in [2.75, 3.05) is 0 Å². The summed E-state index contributed by atoms with van der Waals surface area (Å²) in [7, 11) is 0. The number of benzene rings is 3. The minimum atomic E-state index is -4.48. The molecule has 7 rings (SSSR count). The molecule has 1 aliphatic rings. The normalized spacial score (nSPS) is 14.5. The molecule has 51 heavy (non-hydrogen) atoms. The van der Waals surface area contributed by atoms with Crippen LogP contribution in [-0.2, 0) is 26.2 Å². The van der Waals surface area contributed by atoms with Gasteiger partial charge >= 0.3 is 11.9 Å².